The summed E-state index contributed by atoms with van der Waals surface area (Å²) in [5.74, 6) is -2.06. The number of aliphatic carboxylic acids is 1. The lowest BCUT2D eigenvalue weighted by Gasteiger charge is -2.20. The van der Waals surface area contributed by atoms with Gasteiger partial charge >= 0.3 is 5.97 Å². The molecule has 1 aromatic carbocycles. The normalized spacial score (nSPS) is 13.4. The highest BCUT2D eigenvalue weighted by Crippen LogP contribution is 2.22. The van der Waals surface area contributed by atoms with E-state index < -0.39 is 17.8 Å². The van der Waals surface area contributed by atoms with E-state index in [1.54, 1.807) is 6.92 Å². The zero-order valence-corrected chi connectivity index (χ0v) is 12.8. The number of rotatable bonds is 6. The largest absolute Gasteiger partial charge is 0.481 e. The summed E-state index contributed by atoms with van der Waals surface area (Å²) in [6.45, 7) is 1.76. The van der Waals surface area contributed by atoms with Crippen LogP contribution < -0.4 is 5.32 Å². The maximum Gasteiger partial charge on any atom is 0.305 e. The van der Waals surface area contributed by atoms with Crippen LogP contribution in [0.4, 0.5) is 4.39 Å². The maximum atomic E-state index is 13.0. The van der Waals surface area contributed by atoms with Gasteiger partial charge in [-0.3, -0.25) is 9.59 Å². The average Bonchev–Trinajstić information content (AvgIpc) is 3.00. The summed E-state index contributed by atoms with van der Waals surface area (Å²) >= 11 is 1.50. The Kier molecular flexibility index (Phi) is 5.27. The first kappa shape index (κ1) is 16.2. The van der Waals surface area contributed by atoms with E-state index in [4.69, 9.17) is 5.11 Å². The minimum absolute atomic E-state index is 0.256. The van der Waals surface area contributed by atoms with Crippen LogP contribution in [0.1, 0.15) is 36.4 Å². The molecule has 0 aliphatic heterocycles. The van der Waals surface area contributed by atoms with Crippen molar-refractivity contribution in [1.82, 2.24) is 5.32 Å². The van der Waals surface area contributed by atoms with Crippen LogP contribution >= 0.6 is 11.3 Å². The molecule has 0 bridgehead atoms. The zero-order chi connectivity index (χ0) is 16.1. The lowest BCUT2D eigenvalue weighted by molar-refractivity contribution is -0.137. The summed E-state index contributed by atoms with van der Waals surface area (Å²) in [5, 5.41) is 15.5. The van der Waals surface area contributed by atoms with Crippen molar-refractivity contribution in [1.29, 1.82) is 0 Å². The number of thiophene rings is 1. The van der Waals surface area contributed by atoms with Crippen molar-refractivity contribution in [2.24, 2.45) is 0 Å². The van der Waals surface area contributed by atoms with Crippen LogP contribution in [0, 0.1) is 5.82 Å². The van der Waals surface area contributed by atoms with Crippen molar-refractivity contribution in [3.8, 4) is 0 Å². The molecular formula is C16H16FNO3S. The highest BCUT2D eigenvalue weighted by Gasteiger charge is 2.22. The Bertz CT molecular complexity index is 640. The number of halogens is 1. The fraction of sp³-hybridized carbons (Fsp3) is 0.250. The van der Waals surface area contributed by atoms with E-state index in [0.717, 1.165) is 5.56 Å². The quantitative estimate of drug-likeness (QED) is 0.857. The van der Waals surface area contributed by atoms with Gasteiger partial charge in [0.1, 0.15) is 5.82 Å². The fourth-order valence-corrected chi connectivity index (χ4v) is 2.85. The SMILES string of the molecule is C[C@H](C(=O)N[C@H](CC(=O)O)c1ccc(F)cc1)c1ccsc1. The topological polar surface area (TPSA) is 66.4 Å². The van der Waals surface area contributed by atoms with Gasteiger partial charge in [0.25, 0.3) is 0 Å². The summed E-state index contributed by atoms with van der Waals surface area (Å²) in [7, 11) is 0. The molecule has 1 aromatic heterocycles. The van der Waals surface area contributed by atoms with Crippen LogP contribution in [0.3, 0.4) is 0 Å². The van der Waals surface area contributed by atoms with Crippen molar-refractivity contribution in [3.05, 3.63) is 58.0 Å². The second-order valence-corrected chi connectivity index (χ2v) is 5.77. The predicted octanol–water partition coefficient (Wildman–Crippen LogP) is 3.32. The second-order valence-electron chi connectivity index (χ2n) is 4.99. The first-order chi connectivity index (χ1) is 10.5. The number of hydrogen-bond donors (Lipinski definition) is 2. The van der Waals surface area contributed by atoms with Crippen LogP contribution in [-0.4, -0.2) is 17.0 Å². The lowest BCUT2D eigenvalue weighted by atomic mass is 10.00. The number of hydrogen-bond acceptors (Lipinski definition) is 3. The number of carboxylic acids is 1. The lowest BCUT2D eigenvalue weighted by Crippen LogP contribution is -2.33. The number of benzene rings is 1. The van der Waals surface area contributed by atoms with E-state index in [-0.39, 0.29) is 18.2 Å². The molecule has 0 saturated heterocycles. The van der Waals surface area contributed by atoms with Crippen LogP contribution in [0.15, 0.2) is 41.1 Å². The van der Waals surface area contributed by atoms with Gasteiger partial charge in [-0.15, -0.1) is 0 Å². The van der Waals surface area contributed by atoms with E-state index >= 15 is 0 Å². The first-order valence-corrected chi connectivity index (χ1v) is 7.71. The highest BCUT2D eigenvalue weighted by atomic mass is 32.1. The van der Waals surface area contributed by atoms with Gasteiger partial charge in [-0.2, -0.15) is 11.3 Å². The van der Waals surface area contributed by atoms with E-state index in [1.165, 1.54) is 35.6 Å². The van der Waals surface area contributed by atoms with Crippen molar-refractivity contribution in [2.45, 2.75) is 25.3 Å². The van der Waals surface area contributed by atoms with Crippen LogP contribution in [0.25, 0.3) is 0 Å². The van der Waals surface area contributed by atoms with Crippen molar-refractivity contribution < 1.29 is 19.1 Å². The van der Waals surface area contributed by atoms with Gasteiger partial charge in [0, 0.05) is 0 Å². The van der Waals surface area contributed by atoms with Gasteiger partial charge in [-0.1, -0.05) is 12.1 Å². The van der Waals surface area contributed by atoms with Gasteiger partial charge in [-0.25, -0.2) is 4.39 Å². The molecule has 4 nitrogen and oxygen atoms in total. The third kappa shape index (κ3) is 4.14. The maximum absolute atomic E-state index is 13.0. The molecule has 2 N–H and O–H groups in total. The summed E-state index contributed by atoms with van der Waals surface area (Å²) < 4.78 is 13.0. The molecular weight excluding hydrogens is 305 g/mol. The molecule has 1 heterocycles. The molecule has 6 heteroatoms. The molecule has 2 aromatic rings. The molecule has 2 rings (SSSR count). The second kappa shape index (κ2) is 7.17. The Balaban J connectivity index is 2.14. The minimum Gasteiger partial charge on any atom is -0.481 e. The van der Waals surface area contributed by atoms with E-state index in [2.05, 4.69) is 5.32 Å². The van der Waals surface area contributed by atoms with E-state index in [1.807, 2.05) is 16.8 Å². The third-order valence-electron chi connectivity index (χ3n) is 3.40. The Morgan fingerprint density at radius 2 is 1.91 bits per heavy atom. The first-order valence-electron chi connectivity index (χ1n) is 6.77. The monoisotopic (exact) mass is 321 g/mol. The fourth-order valence-electron chi connectivity index (χ4n) is 2.09. The molecule has 1 amide bonds. The van der Waals surface area contributed by atoms with Crippen LogP contribution in [0.5, 0.6) is 0 Å². The molecule has 0 radical (unpaired) electrons. The number of carboxylic acid groups (broad SMARTS) is 1. The van der Waals surface area contributed by atoms with Crippen LogP contribution in [-0.2, 0) is 9.59 Å². The van der Waals surface area contributed by atoms with Crippen molar-refractivity contribution >= 4 is 23.2 Å². The highest BCUT2D eigenvalue weighted by molar-refractivity contribution is 7.08. The smallest absolute Gasteiger partial charge is 0.305 e. The van der Waals surface area contributed by atoms with Gasteiger partial charge < -0.3 is 10.4 Å². The summed E-state index contributed by atoms with van der Waals surface area (Å²) in [5.41, 5.74) is 1.45. The van der Waals surface area contributed by atoms with Crippen molar-refractivity contribution in [3.63, 3.8) is 0 Å². The molecule has 0 unspecified atom stereocenters. The van der Waals surface area contributed by atoms with Gasteiger partial charge in [0.05, 0.1) is 18.4 Å². The summed E-state index contributed by atoms with van der Waals surface area (Å²) in [4.78, 5) is 23.3. The molecule has 22 heavy (non-hydrogen) atoms. The Hall–Kier alpha value is -2.21. The van der Waals surface area contributed by atoms with E-state index in [9.17, 15) is 14.0 Å². The average molecular weight is 321 g/mol. The Labute approximate surface area is 131 Å². The standard InChI is InChI=1S/C16H16FNO3S/c1-10(12-6-7-22-9-12)16(21)18-14(8-15(19)20)11-2-4-13(17)5-3-11/h2-7,9-10,14H,8H2,1H3,(H,18,21)(H,19,20)/t10-,14+/m0/s1. The number of carbonyl (C=O) groups is 2. The molecule has 0 aliphatic rings. The molecule has 2 atom stereocenters. The molecule has 116 valence electrons. The van der Waals surface area contributed by atoms with Gasteiger partial charge in [0.15, 0.2) is 0 Å². The Morgan fingerprint density at radius 1 is 1.23 bits per heavy atom. The Morgan fingerprint density at radius 3 is 2.45 bits per heavy atom. The molecule has 0 fully saturated rings. The number of carbonyl (C=O) groups excluding carboxylic acids is 1. The zero-order valence-electron chi connectivity index (χ0n) is 12.0. The molecule has 0 aliphatic carbocycles. The van der Waals surface area contributed by atoms with E-state index in [0.29, 0.717) is 5.56 Å². The summed E-state index contributed by atoms with van der Waals surface area (Å²) in [6, 6.07) is 6.64. The molecule has 0 spiro atoms. The predicted molar refractivity (Wildman–Crippen MR) is 82.3 cm³/mol. The van der Waals surface area contributed by atoms with Gasteiger partial charge in [-0.05, 0) is 47.0 Å². The number of nitrogens with one attached hydrogen (secondary N) is 1. The van der Waals surface area contributed by atoms with Gasteiger partial charge in [0.2, 0.25) is 5.91 Å². The molecule has 0 saturated carbocycles. The minimum atomic E-state index is -1.03. The van der Waals surface area contributed by atoms with Crippen molar-refractivity contribution in [2.75, 3.05) is 0 Å². The third-order valence-corrected chi connectivity index (χ3v) is 4.11. The van der Waals surface area contributed by atoms with Crippen LogP contribution in [0.2, 0.25) is 0 Å². The number of amides is 1. The summed E-state index contributed by atoms with van der Waals surface area (Å²) in [6.07, 6.45) is -0.256.